The molecule has 0 atom stereocenters. The maximum Gasteiger partial charge on any atom is 0.253 e. The van der Waals surface area contributed by atoms with Gasteiger partial charge in [-0.25, -0.2) is 0 Å². The Hall–Kier alpha value is -2.65. The van der Waals surface area contributed by atoms with Crippen molar-refractivity contribution in [3.8, 4) is 0 Å². The monoisotopic (exact) mass is 342 g/mol. The number of carbonyl (C=O) groups excluding carboxylic acids is 1. The number of amides is 1. The van der Waals surface area contributed by atoms with E-state index in [1.165, 1.54) is 16.5 Å². The molecule has 3 nitrogen and oxygen atoms in total. The number of likely N-dealkylation sites (tertiary alicyclic amines) is 1. The molecule has 3 aromatic rings. The molecule has 1 amide bonds. The fraction of sp³-hybridized carbons (Fsp3) is 0.261. The fourth-order valence-electron chi connectivity index (χ4n) is 4.19. The van der Waals surface area contributed by atoms with E-state index in [-0.39, 0.29) is 5.91 Å². The molecule has 1 fully saturated rings. The molecule has 0 bridgehead atoms. The van der Waals surface area contributed by atoms with E-state index in [1.54, 1.807) is 0 Å². The SMILES string of the molecule is O=C(c1ccc2ccccc2c1)N1CC(N2CCc3ccccc3C2)C1. The van der Waals surface area contributed by atoms with Crippen molar-refractivity contribution in [2.45, 2.75) is 19.0 Å². The molecule has 26 heavy (non-hydrogen) atoms. The van der Waals surface area contributed by atoms with E-state index in [0.29, 0.717) is 6.04 Å². The molecule has 0 radical (unpaired) electrons. The summed E-state index contributed by atoms with van der Waals surface area (Å²) in [5.41, 5.74) is 3.72. The second-order valence-corrected chi connectivity index (χ2v) is 7.42. The summed E-state index contributed by atoms with van der Waals surface area (Å²) in [6.07, 6.45) is 1.12. The average molecular weight is 342 g/mol. The molecule has 0 spiro atoms. The van der Waals surface area contributed by atoms with E-state index in [1.807, 2.05) is 35.2 Å². The maximum atomic E-state index is 12.8. The molecule has 0 N–H and O–H groups in total. The van der Waals surface area contributed by atoms with Crippen LogP contribution in [-0.4, -0.2) is 41.4 Å². The molecule has 3 heteroatoms. The highest BCUT2D eigenvalue weighted by Crippen LogP contribution is 2.26. The van der Waals surface area contributed by atoms with Crippen LogP contribution in [0.1, 0.15) is 21.5 Å². The van der Waals surface area contributed by atoms with E-state index in [4.69, 9.17) is 0 Å². The lowest BCUT2D eigenvalue weighted by Crippen LogP contribution is -2.61. The zero-order valence-corrected chi connectivity index (χ0v) is 14.8. The summed E-state index contributed by atoms with van der Waals surface area (Å²) in [5.74, 6) is 0.157. The third-order valence-electron chi connectivity index (χ3n) is 5.82. The summed E-state index contributed by atoms with van der Waals surface area (Å²) in [6, 6.07) is 23.4. The van der Waals surface area contributed by atoms with Crippen LogP contribution in [0.15, 0.2) is 66.7 Å². The van der Waals surface area contributed by atoms with Crippen LogP contribution in [0.25, 0.3) is 10.8 Å². The molecule has 2 aliphatic rings. The molecule has 0 aliphatic carbocycles. The molecule has 5 rings (SSSR count). The van der Waals surface area contributed by atoms with E-state index in [2.05, 4.69) is 41.3 Å². The molecule has 0 saturated carbocycles. The summed E-state index contributed by atoms with van der Waals surface area (Å²) < 4.78 is 0. The first-order valence-electron chi connectivity index (χ1n) is 9.37. The van der Waals surface area contributed by atoms with Gasteiger partial charge in [0.2, 0.25) is 0 Å². The van der Waals surface area contributed by atoms with Crippen molar-refractivity contribution >= 4 is 16.7 Å². The highest BCUT2D eigenvalue weighted by Gasteiger charge is 2.36. The average Bonchev–Trinajstić information content (AvgIpc) is 2.66. The number of hydrogen-bond donors (Lipinski definition) is 0. The van der Waals surface area contributed by atoms with Crippen molar-refractivity contribution in [1.82, 2.24) is 9.80 Å². The van der Waals surface area contributed by atoms with Crippen LogP contribution >= 0.6 is 0 Å². The van der Waals surface area contributed by atoms with Crippen LogP contribution in [0.2, 0.25) is 0 Å². The first-order chi connectivity index (χ1) is 12.8. The third kappa shape index (κ3) is 2.69. The largest absolute Gasteiger partial charge is 0.335 e. The Morgan fingerprint density at radius 1 is 0.846 bits per heavy atom. The van der Waals surface area contributed by atoms with E-state index >= 15 is 0 Å². The molecule has 0 aromatic heterocycles. The Bertz CT molecular complexity index is 975. The van der Waals surface area contributed by atoms with Crippen LogP contribution in [0.4, 0.5) is 0 Å². The molecule has 130 valence electrons. The Morgan fingerprint density at radius 2 is 1.58 bits per heavy atom. The van der Waals surface area contributed by atoms with E-state index in [0.717, 1.165) is 43.5 Å². The van der Waals surface area contributed by atoms with Crippen molar-refractivity contribution in [3.63, 3.8) is 0 Å². The van der Waals surface area contributed by atoms with Crippen LogP contribution in [0.3, 0.4) is 0 Å². The van der Waals surface area contributed by atoms with Crippen LogP contribution in [0, 0.1) is 0 Å². The minimum Gasteiger partial charge on any atom is -0.335 e. The molecule has 1 saturated heterocycles. The van der Waals surface area contributed by atoms with Gasteiger partial charge in [-0.1, -0.05) is 54.6 Å². The zero-order valence-electron chi connectivity index (χ0n) is 14.8. The second-order valence-electron chi connectivity index (χ2n) is 7.42. The summed E-state index contributed by atoms with van der Waals surface area (Å²) in [6.45, 7) is 3.79. The predicted molar refractivity (Wildman–Crippen MR) is 104 cm³/mol. The quantitative estimate of drug-likeness (QED) is 0.709. The lowest BCUT2D eigenvalue weighted by molar-refractivity contribution is 0.0218. The van der Waals surface area contributed by atoms with Crippen molar-refractivity contribution < 1.29 is 4.79 Å². The number of nitrogens with zero attached hydrogens (tertiary/aromatic N) is 2. The number of carbonyl (C=O) groups is 1. The lowest BCUT2D eigenvalue weighted by atomic mass is 9.96. The fourth-order valence-corrected chi connectivity index (χ4v) is 4.19. The number of fused-ring (bicyclic) bond motifs is 2. The molecule has 2 heterocycles. The standard InChI is InChI=1S/C23H22N2O/c26-23(20-10-9-17-5-1-3-7-19(17)13-20)25-15-22(16-25)24-12-11-18-6-2-4-8-21(18)14-24/h1-10,13,22H,11-12,14-16H2. The van der Waals surface area contributed by atoms with Gasteiger partial charge in [-0.3, -0.25) is 9.69 Å². The Kier molecular flexibility index (Phi) is 3.75. The molecule has 3 aromatic carbocycles. The number of hydrogen-bond acceptors (Lipinski definition) is 2. The highest BCUT2D eigenvalue weighted by molar-refractivity contribution is 5.99. The van der Waals surface area contributed by atoms with Gasteiger partial charge in [0, 0.05) is 37.8 Å². The molecule has 2 aliphatic heterocycles. The minimum absolute atomic E-state index is 0.157. The maximum absolute atomic E-state index is 12.8. The zero-order chi connectivity index (χ0) is 17.5. The van der Waals surface area contributed by atoms with Crippen molar-refractivity contribution in [3.05, 3.63) is 83.4 Å². The van der Waals surface area contributed by atoms with Gasteiger partial charge >= 0.3 is 0 Å². The van der Waals surface area contributed by atoms with Crippen LogP contribution < -0.4 is 0 Å². The molecule has 0 unspecified atom stereocenters. The van der Waals surface area contributed by atoms with Gasteiger partial charge in [-0.2, -0.15) is 0 Å². The van der Waals surface area contributed by atoms with Crippen LogP contribution in [0.5, 0.6) is 0 Å². The topological polar surface area (TPSA) is 23.6 Å². The predicted octanol–water partition coefficient (Wildman–Crippen LogP) is 3.72. The summed E-state index contributed by atoms with van der Waals surface area (Å²) in [4.78, 5) is 17.3. The first kappa shape index (κ1) is 15.6. The van der Waals surface area contributed by atoms with Gasteiger partial charge in [0.1, 0.15) is 0 Å². The van der Waals surface area contributed by atoms with Gasteiger partial charge < -0.3 is 4.90 Å². The molecular weight excluding hydrogens is 320 g/mol. The van der Waals surface area contributed by atoms with Crippen molar-refractivity contribution in [1.29, 1.82) is 0 Å². The van der Waals surface area contributed by atoms with E-state index < -0.39 is 0 Å². The summed E-state index contributed by atoms with van der Waals surface area (Å²) in [7, 11) is 0. The van der Waals surface area contributed by atoms with Gasteiger partial charge in [-0.15, -0.1) is 0 Å². The molecular formula is C23H22N2O. The normalized spacial score (nSPS) is 17.8. The van der Waals surface area contributed by atoms with Crippen molar-refractivity contribution in [2.24, 2.45) is 0 Å². The first-order valence-corrected chi connectivity index (χ1v) is 9.37. The van der Waals surface area contributed by atoms with Gasteiger partial charge in [-0.05, 0) is 40.5 Å². The summed E-state index contributed by atoms with van der Waals surface area (Å²) in [5, 5.41) is 2.31. The summed E-state index contributed by atoms with van der Waals surface area (Å²) >= 11 is 0. The number of rotatable bonds is 2. The Morgan fingerprint density at radius 3 is 2.42 bits per heavy atom. The van der Waals surface area contributed by atoms with Crippen molar-refractivity contribution in [2.75, 3.05) is 19.6 Å². The van der Waals surface area contributed by atoms with Gasteiger partial charge in [0.05, 0.1) is 0 Å². The Balaban J connectivity index is 1.25. The second kappa shape index (κ2) is 6.26. The Labute approximate surface area is 153 Å². The van der Waals surface area contributed by atoms with Gasteiger partial charge in [0.25, 0.3) is 5.91 Å². The lowest BCUT2D eigenvalue weighted by Gasteiger charge is -2.47. The smallest absolute Gasteiger partial charge is 0.253 e. The van der Waals surface area contributed by atoms with Gasteiger partial charge in [0.15, 0.2) is 0 Å². The van der Waals surface area contributed by atoms with E-state index in [9.17, 15) is 4.79 Å². The number of benzene rings is 3. The highest BCUT2D eigenvalue weighted by atomic mass is 16.2. The third-order valence-corrected chi connectivity index (χ3v) is 5.82. The van der Waals surface area contributed by atoms with Crippen LogP contribution in [-0.2, 0) is 13.0 Å². The minimum atomic E-state index is 0.157.